The molecule has 1 aliphatic carbocycles. The van der Waals surface area contributed by atoms with E-state index in [-0.39, 0.29) is 18.1 Å². The van der Waals surface area contributed by atoms with E-state index in [4.69, 9.17) is 5.11 Å². The first-order chi connectivity index (χ1) is 7.87. The molecule has 0 atom stereocenters. The Kier molecular flexibility index (Phi) is 2.89. The van der Waals surface area contributed by atoms with Crippen LogP contribution in [0.15, 0.2) is 0 Å². The molecule has 0 aromatic heterocycles. The molecule has 1 saturated carbocycles. The third-order valence-corrected chi connectivity index (χ3v) is 5.13. The maximum Gasteiger partial charge on any atom is 0.319 e. The zero-order valence-corrected chi connectivity index (χ0v) is 10.2. The van der Waals surface area contributed by atoms with Gasteiger partial charge in [0.1, 0.15) is 5.41 Å². The van der Waals surface area contributed by atoms with E-state index in [9.17, 15) is 18.0 Å². The van der Waals surface area contributed by atoms with E-state index in [0.29, 0.717) is 25.8 Å². The number of carboxylic acid groups (broad SMARTS) is 1. The SMILES string of the molecule is O=C(O)C1(C(=O)N2CCCS(=O)(=O)CC2)CC1. The molecule has 96 valence electrons. The van der Waals surface area contributed by atoms with Crippen LogP contribution in [0.4, 0.5) is 0 Å². The summed E-state index contributed by atoms with van der Waals surface area (Å²) < 4.78 is 22.8. The van der Waals surface area contributed by atoms with Gasteiger partial charge in [0.05, 0.1) is 11.5 Å². The van der Waals surface area contributed by atoms with Gasteiger partial charge in [0.25, 0.3) is 0 Å². The smallest absolute Gasteiger partial charge is 0.319 e. The maximum atomic E-state index is 12.0. The molecule has 1 amide bonds. The molecule has 0 spiro atoms. The van der Waals surface area contributed by atoms with Crippen molar-refractivity contribution in [3.05, 3.63) is 0 Å². The normalized spacial score (nSPS) is 26.0. The largest absolute Gasteiger partial charge is 0.480 e. The zero-order valence-electron chi connectivity index (χ0n) is 9.39. The number of nitrogens with zero attached hydrogens (tertiary/aromatic N) is 1. The Morgan fingerprint density at radius 3 is 2.29 bits per heavy atom. The highest BCUT2D eigenvalue weighted by molar-refractivity contribution is 7.91. The number of aliphatic carboxylic acids is 1. The van der Waals surface area contributed by atoms with Gasteiger partial charge >= 0.3 is 5.97 Å². The fourth-order valence-corrected chi connectivity index (χ4v) is 3.36. The number of carbonyl (C=O) groups excluding carboxylic acids is 1. The highest BCUT2D eigenvalue weighted by atomic mass is 32.2. The van der Waals surface area contributed by atoms with Crippen LogP contribution in [0.2, 0.25) is 0 Å². The summed E-state index contributed by atoms with van der Waals surface area (Å²) in [5.41, 5.74) is -1.26. The van der Waals surface area contributed by atoms with E-state index in [1.165, 1.54) is 4.90 Å². The van der Waals surface area contributed by atoms with Gasteiger partial charge in [-0.3, -0.25) is 9.59 Å². The second kappa shape index (κ2) is 3.97. The van der Waals surface area contributed by atoms with Crippen LogP contribution in [0.5, 0.6) is 0 Å². The van der Waals surface area contributed by atoms with Crippen molar-refractivity contribution >= 4 is 21.7 Å². The zero-order chi connectivity index (χ0) is 12.7. The van der Waals surface area contributed by atoms with Crippen molar-refractivity contribution < 1.29 is 23.1 Å². The van der Waals surface area contributed by atoms with Gasteiger partial charge in [0, 0.05) is 13.1 Å². The van der Waals surface area contributed by atoms with E-state index < -0.39 is 27.1 Å². The molecule has 0 unspecified atom stereocenters. The summed E-state index contributed by atoms with van der Waals surface area (Å²) in [4.78, 5) is 24.4. The molecule has 2 rings (SSSR count). The first-order valence-corrected chi connectivity index (χ1v) is 7.43. The van der Waals surface area contributed by atoms with Crippen molar-refractivity contribution in [2.45, 2.75) is 19.3 Å². The maximum absolute atomic E-state index is 12.0. The standard InChI is InChI=1S/C10H15NO5S/c12-8(10(2-3-10)9(13)14)11-4-1-6-17(15,16)7-5-11/h1-7H2,(H,13,14). The van der Waals surface area contributed by atoms with E-state index in [1.54, 1.807) is 0 Å². The summed E-state index contributed by atoms with van der Waals surface area (Å²) in [6.45, 7) is 0.462. The lowest BCUT2D eigenvalue weighted by atomic mass is 10.1. The predicted octanol–water partition coefficient (Wildman–Crippen LogP) is -0.502. The molecule has 0 aromatic rings. The molecule has 0 aromatic carbocycles. The molecule has 1 N–H and O–H groups in total. The molecule has 6 nitrogen and oxygen atoms in total. The second-order valence-electron chi connectivity index (χ2n) is 4.68. The van der Waals surface area contributed by atoms with Crippen molar-refractivity contribution in [2.75, 3.05) is 24.6 Å². The van der Waals surface area contributed by atoms with E-state index in [0.717, 1.165) is 0 Å². The Bertz CT molecular complexity index is 451. The van der Waals surface area contributed by atoms with Crippen LogP contribution in [-0.4, -0.2) is 54.9 Å². The molecule has 2 aliphatic rings. The van der Waals surface area contributed by atoms with Gasteiger partial charge in [0.15, 0.2) is 9.84 Å². The van der Waals surface area contributed by atoms with Crippen molar-refractivity contribution in [3.63, 3.8) is 0 Å². The Balaban J connectivity index is 2.09. The van der Waals surface area contributed by atoms with Crippen LogP contribution < -0.4 is 0 Å². The molecular formula is C10H15NO5S. The van der Waals surface area contributed by atoms with E-state index >= 15 is 0 Å². The van der Waals surface area contributed by atoms with Crippen LogP contribution >= 0.6 is 0 Å². The number of hydrogen-bond donors (Lipinski definition) is 1. The first-order valence-electron chi connectivity index (χ1n) is 5.61. The fourth-order valence-electron chi connectivity index (χ4n) is 2.09. The van der Waals surface area contributed by atoms with E-state index in [1.807, 2.05) is 0 Å². The minimum Gasteiger partial charge on any atom is -0.480 e. The number of carbonyl (C=O) groups is 2. The summed E-state index contributed by atoms with van der Waals surface area (Å²) in [6.07, 6.45) is 1.12. The summed E-state index contributed by atoms with van der Waals surface area (Å²) in [5.74, 6) is -1.48. The molecule has 17 heavy (non-hydrogen) atoms. The highest BCUT2D eigenvalue weighted by Gasteiger charge is 2.58. The lowest BCUT2D eigenvalue weighted by Gasteiger charge is -2.23. The molecule has 1 aliphatic heterocycles. The number of carboxylic acids is 1. The minimum absolute atomic E-state index is 0.0611. The van der Waals surface area contributed by atoms with Gasteiger partial charge in [-0.05, 0) is 19.3 Å². The predicted molar refractivity (Wildman–Crippen MR) is 59.2 cm³/mol. The Hall–Kier alpha value is -1.11. The molecule has 0 radical (unpaired) electrons. The third-order valence-electron chi connectivity index (χ3n) is 3.41. The lowest BCUT2D eigenvalue weighted by molar-refractivity contribution is -0.153. The van der Waals surface area contributed by atoms with Gasteiger partial charge in [-0.25, -0.2) is 8.42 Å². The second-order valence-corrected chi connectivity index (χ2v) is 6.99. The average molecular weight is 261 g/mol. The number of amides is 1. The summed E-state index contributed by atoms with van der Waals surface area (Å²) >= 11 is 0. The van der Waals surface area contributed by atoms with Gasteiger partial charge in [0.2, 0.25) is 5.91 Å². The van der Waals surface area contributed by atoms with Gasteiger partial charge in [-0.15, -0.1) is 0 Å². The molecular weight excluding hydrogens is 246 g/mol. The highest BCUT2D eigenvalue weighted by Crippen LogP contribution is 2.47. The summed E-state index contributed by atoms with van der Waals surface area (Å²) in [7, 11) is -3.07. The fraction of sp³-hybridized carbons (Fsp3) is 0.800. The summed E-state index contributed by atoms with van der Waals surface area (Å²) in [5, 5.41) is 9.01. The lowest BCUT2D eigenvalue weighted by Crippen LogP contribution is -2.42. The number of hydrogen-bond acceptors (Lipinski definition) is 4. The molecule has 1 heterocycles. The van der Waals surface area contributed by atoms with Crippen LogP contribution in [0.3, 0.4) is 0 Å². The van der Waals surface area contributed by atoms with Crippen LogP contribution in [-0.2, 0) is 19.4 Å². The van der Waals surface area contributed by atoms with Gasteiger partial charge in [-0.1, -0.05) is 0 Å². The molecule has 0 bridgehead atoms. The van der Waals surface area contributed by atoms with Gasteiger partial charge < -0.3 is 10.0 Å². The topological polar surface area (TPSA) is 91.8 Å². The van der Waals surface area contributed by atoms with Crippen molar-refractivity contribution in [2.24, 2.45) is 5.41 Å². The van der Waals surface area contributed by atoms with Crippen LogP contribution in [0.1, 0.15) is 19.3 Å². The van der Waals surface area contributed by atoms with Crippen molar-refractivity contribution in [1.82, 2.24) is 4.90 Å². The van der Waals surface area contributed by atoms with Gasteiger partial charge in [-0.2, -0.15) is 0 Å². The van der Waals surface area contributed by atoms with Crippen molar-refractivity contribution in [1.29, 1.82) is 0 Å². The van der Waals surface area contributed by atoms with Crippen LogP contribution in [0, 0.1) is 5.41 Å². The molecule has 2 fully saturated rings. The molecule has 1 saturated heterocycles. The number of rotatable bonds is 2. The quantitative estimate of drug-likeness (QED) is 0.676. The average Bonchev–Trinajstić information content (AvgIpc) is 3.02. The third kappa shape index (κ3) is 2.29. The Labute approximate surface area is 99.5 Å². The van der Waals surface area contributed by atoms with Crippen molar-refractivity contribution in [3.8, 4) is 0 Å². The summed E-state index contributed by atoms with van der Waals surface area (Å²) in [6, 6.07) is 0. The monoisotopic (exact) mass is 261 g/mol. The first kappa shape index (κ1) is 12.3. The molecule has 7 heteroatoms. The Morgan fingerprint density at radius 2 is 1.76 bits per heavy atom. The van der Waals surface area contributed by atoms with E-state index in [2.05, 4.69) is 0 Å². The van der Waals surface area contributed by atoms with Crippen LogP contribution in [0.25, 0.3) is 0 Å². The minimum atomic E-state index is -3.07. The Morgan fingerprint density at radius 1 is 1.12 bits per heavy atom. The number of sulfone groups is 1.